The Balaban J connectivity index is 5.06. The van der Waals surface area contributed by atoms with Crippen molar-refractivity contribution < 1.29 is 45.0 Å². The fraction of sp³-hybridized carbons (Fsp3) is 0.750. The van der Waals surface area contributed by atoms with Gasteiger partial charge in [-0.15, -0.1) is 0 Å². The van der Waals surface area contributed by atoms with Crippen LogP contribution in [0.15, 0.2) is 0 Å². The molecule has 6 N–H and O–H groups in total. The van der Waals surface area contributed by atoms with Gasteiger partial charge in [0.2, 0.25) is 0 Å². The number of hydrogen-bond acceptors (Lipinski definition) is 9. The number of aliphatic hydroxyl groups excluding tert-OH is 6. The first-order valence-corrected chi connectivity index (χ1v) is 6.12. The quantitative estimate of drug-likeness (QED) is 0.233. The van der Waals surface area contributed by atoms with E-state index in [2.05, 4.69) is 0 Å². The first-order valence-electron chi connectivity index (χ1n) is 6.12. The van der Waals surface area contributed by atoms with Gasteiger partial charge >= 0.3 is 0 Å². The Kier molecular flexibility index (Phi) is 7.79. The van der Waals surface area contributed by atoms with Crippen LogP contribution >= 0.6 is 0 Å². The number of carbonyl (C=O) groups is 3. The largest absolute Gasteiger partial charge is 0.394 e. The summed E-state index contributed by atoms with van der Waals surface area (Å²) in [5, 5.41) is 55.7. The highest BCUT2D eigenvalue weighted by Crippen LogP contribution is 2.14. The molecule has 5 atom stereocenters. The van der Waals surface area contributed by atoms with Crippen molar-refractivity contribution in [2.24, 2.45) is 5.92 Å². The third kappa shape index (κ3) is 4.92. The van der Waals surface area contributed by atoms with Gasteiger partial charge in [-0.25, -0.2) is 0 Å². The molecule has 0 aliphatic heterocycles. The molecular formula is C12H20O9. The molecule has 0 saturated carbocycles. The van der Waals surface area contributed by atoms with Gasteiger partial charge in [-0.2, -0.15) is 0 Å². The molecule has 0 heterocycles. The van der Waals surface area contributed by atoms with E-state index in [1.54, 1.807) is 0 Å². The monoisotopic (exact) mass is 308 g/mol. The minimum atomic E-state index is -2.35. The number of Topliss-reactive ketones (excluding diaryl/α,β-unsaturated/α-hetero) is 3. The topological polar surface area (TPSA) is 173 Å². The number of ketones is 3. The molecule has 0 aromatic heterocycles. The van der Waals surface area contributed by atoms with Crippen molar-refractivity contribution in [1.29, 1.82) is 0 Å². The van der Waals surface area contributed by atoms with Crippen LogP contribution in [0.2, 0.25) is 0 Å². The predicted molar refractivity (Wildman–Crippen MR) is 67.0 cm³/mol. The van der Waals surface area contributed by atoms with Crippen molar-refractivity contribution in [1.82, 2.24) is 0 Å². The first-order chi connectivity index (χ1) is 9.56. The lowest BCUT2D eigenvalue weighted by molar-refractivity contribution is -0.159. The third-order valence-corrected chi connectivity index (χ3v) is 3.03. The fourth-order valence-electron chi connectivity index (χ4n) is 1.76. The lowest BCUT2D eigenvalue weighted by Crippen LogP contribution is -2.53. The maximum Gasteiger partial charge on any atom is 0.193 e. The predicted octanol–water partition coefficient (Wildman–Crippen LogP) is -3.85. The number of rotatable bonds is 9. The van der Waals surface area contributed by atoms with Crippen LogP contribution in [-0.2, 0) is 14.4 Å². The van der Waals surface area contributed by atoms with Crippen LogP contribution in [0, 0.1) is 5.92 Å². The summed E-state index contributed by atoms with van der Waals surface area (Å²) in [6, 6.07) is 0. The molecule has 0 saturated heterocycles. The van der Waals surface area contributed by atoms with Crippen LogP contribution in [0.25, 0.3) is 0 Å². The molecule has 0 rings (SSSR count). The van der Waals surface area contributed by atoms with Crippen molar-refractivity contribution in [2.75, 3.05) is 6.61 Å². The molecule has 0 aromatic rings. The second kappa shape index (κ2) is 8.27. The zero-order valence-electron chi connectivity index (χ0n) is 11.6. The van der Waals surface area contributed by atoms with Crippen LogP contribution < -0.4 is 0 Å². The van der Waals surface area contributed by atoms with E-state index in [4.69, 9.17) is 10.2 Å². The molecular weight excluding hydrogens is 288 g/mol. The second-order valence-corrected chi connectivity index (χ2v) is 4.72. The number of carbonyl (C=O) groups excluding carboxylic acids is 3. The molecule has 9 heteroatoms. The summed E-state index contributed by atoms with van der Waals surface area (Å²) in [4.78, 5) is 34.2. The van der Waals surface area contributed by atoms with E-state index < -0.39 is 60.4 Å². The Bertz CT molecular complexity index is 380. The Morgan fingerprint density at radius 2 is 1.24 bits per heavy atom. The maximum atomic E-state index is 11.7. The van der Waals surface area contributed by atoms with E-state index in [-0.39, 0.29) is 0 Å². The van der Waals surface area contributed by atoms with Gasteiger partial charge in [0.15, 0.2) is 5.78 Å². The summed E-state index contributed by atoms with van der Waals surface area (Å²) in [5.74, 6) is -4.76. The fourth-order valence-corrected chi connectivity index (χ4v) is 1.76. The molecule has 1 unspecified atom stereocenters. The van der Waals surface area contributed by atoms with E-state index in [0.717, 1.165) is 13.8 Å². The molecule has 0 aromatic carbocycles. The van der Waals surface area contributed by atoms with Gasteiger partial charge < -0.3 is 30.6 Å². The highest BCUT2D eigenvalue weighted by Gasteiger charge is 2.41. The number of aliphatic hydroxyl groups is 6. The van der Waals surface area contributed by atoms with Crippen LogP contribution in [0.1, 0.15) is 13.8 Å². The zero-order valence-corrected chi connectivity index (χ0v) is 11.6. The molecule has 0 fully saturated rings. The lowest BCUT2D eigenvalue weighted by atomic mass is 9.87. The normalized spacial score (nSPS) is 18.7. The maximum absolute atomic E-state index is 11.7. The summed E-state index contributed by atoms with van der Waals surface area (Å²) in [6.07, 6.45) is -10.6. The molecule has 0 aliphatic carbocycles. The van der Waals surface area contributed by atoms with Crippen molar-refractivity contribution >= 4 is 17.3 Å². The Morgan fingerprint density at radius 3 is 1.57 bits per heavy atom. The molecule has 0 bridgehead atoms. The molecule has 0 spiro atoms. The van der Waals surface area contributed by atoms with Gasteiger partial charge in [-0.05, 0) is 13.8 Å². The van der Waals surface area contributed by atoms with Gasteiger partial charge in [-0.3, -0.25) is 14.4 Å². The van der Waals surface area contributed by atoms with Crippen LogP contribution in [-0.4, -0.2) is 85.1 Å². The van der Waals surface area contributed by atoms with E-state index in [9.17, 15) is 34.8 Å². The van der Waals surface area contributed by atoms with E-state index in [0.29, 0.717) is 0 Å². The van der Waals surface area contributed by atoms with Crippen LogP contribution in [0.5, 0.6) is 0 Å². The molecule has 9 nitrogen and oxygen atoms in total. The molecule has 0 radical (unpaired) electrons. The van der Waals surface area contributed by atoms with Gasteiger partial charge in [-0.1, -0.05) is 0 Å². The SMILES string of the molecule is CC(=O)C(C(C)=O)C(O)C(=O)[C@@H](O)[C@@H](O)[C@H](O)[C@H](O)CO. The molecule has 0 amide bonds. The van der Waals surface area contributed by atoms with Crippen molar-refractivity contribution in [2.45, 2.75) is 44.4 Å². The highest BCUT2D eigenvalue weighted by atomic mass is 16.4. The van der Waals surface area contributed by atoms with E-state index in [1.807, 2.05) is 0 Å². The number of hydrogen-bond donors (Lipinski definition) is 6. The molecule has 0 aliphatic rings. The third-order valence-electron chi connectivity index (χ3n) is 3.03. The Labute approximate surface area is 120 Å². The van der Waals surface area contributed by atoms with Crippen molar-refractivity contribution in [3.8, 4) is 0 Å². The Hall–Kier alpha value is -1.23. The summed E-state index contributed by atoms with van der Waals surface area (Å²) < 4.78 is 0. The zero-order chi connectivity index (χ0) is 16.9. The summed E-state index contributed by atoms with van der Waals surface area (Å²) in [7, 11) is 0. The Morgan fingerprint density at radius 1 is 0.810 bits per heavy atom. The summed E-state index contributed by atoms with van der Waals surface area (Å²) >= 11 is 0. The highest BCUT2D eigenvalue weighted by molar-refractivity contribution is 6.06. The minimum absolute atomic E-state index is 0.805. The van der Waals surface area contributed by atoms with Crippen LogP contribution in [0.3, 0.4) is 0 Å². The summed E-state index contributed by atoms with van der Waals surface area (Å²) in [6.45, 7) is 0.997. The average molecular weight is 308 g/mol. The van der Waals surface area contributed by atoms with Crippen LogP contribution in [0.4, 0.5) is 0 Å². The minimum Gasteiger partial charge on any atom is -0.394 e. The van der Waals surface area contributed by atoms with Crippen molar-refractivity contribution in [3.63, 3.8) is 0 Å². The van der Waals surface area contributed by atoms with Gasteiger partial charge in [0, 0.05) is 0 Å². The van der Waals surface area contributed by atoms with Gasteiger partial charge in [0.05, 0.1) is 6.61 Å². The summed E-state index contributed by atoms with van der Waals surface area (Å²) in [5.41, 5.74) is 0. The van der Waals surface area contributed by atoms with Gasteiger partial charge in [0.25, 0.3) is 0 Å². The first kappa shape index (κ1) is 19.8. The smallest absolute Gasteiger partial charge is 0.193 e. The molecule has 122 valence electrons. The average Bonchev–Trinajstić information content (AvgIpc) is 2.42. The van der Waals surface area contributed by atoms with Crippen molar-refractivity contribution in [3.05, 3.63) is 0 Å². The molecule has 21 heavy (non-hydrogen) atoms. The standard InChI is InChI=1S/C12H20O9/c1-4(14)7(5(2)15)9(18)11(20)12(21)10(19)8(17)6(16)3-13/h6-10,12-13,16-19,21H,3H2,1-2H3/t6-,8-,9?,10+,12+/m1/s1. The lowest BCUT2D eigenvalue weighted by Gasteiger charge is -2.27. The van der Waals surface area contributed by atoms with E-state index >= 15 is 0 Å². The second-order valence-electron chi connectivity index (χ2n) is 4.72. The van der Waals surface area contributed by atoms with E-state index in [1.165, 1.54) is 0 Å². The van der Waals surface area contributed by atoms with Gasteiger partial charge in [0.1, 0.15) is 48.0 Å².